The molecular formula is C12H14BrF3O2S. The van der Waals surface area contributed by atoms with Gasteiger partial charge in [-0.3, -0.25) is 0 Å². The molecule has 2 nitrogen and oxygen atoms in total. The Hall–Kier alpha value is -0.560. The highest BCUT2D eigenvalue weighted by atomic mass is 79.9. The fraction of sp³-hybridized carbons (Fsp3) is 0.500. The first-order valence-electron chi connectivity index (χ1n) is 5.73. The van der Waals surface area contributed by atoms with E-state index in [1.165, 1.54) is 12.1 Å². The fourth-order valence-electron chi connectivity index (χ4n) is 1.61. The molecule has 0 saturated heterocycles. The lowest BCUT2D eigenvalue weighted by Gasteiger charge is -2.10. The predicted octanol–water partition coefficient (Wildman–Crippen LogP) is 4.09. The lowest BCUT2D eigenvalue weighted by atomic mass is 10.1. The van der Waals surface area contributed by atoms with Gasteiger partial charge in [-0.2, -0.15) is 13.2 Å². The maximum Gasteiger partial charge on any atom is 0.501 e. The topological polar surface area (TPSA) is 34.1 Å². The van der Waals surface area contributed by atoms with Gasteiger partial charge in [0.15, 0.2) is 0 Å². The molecule has 1 aromatic carbocycles. The van der Waals surface area contributed by atoms with Crippen LogP contribution in [-0.2, 0) is 16.3 Å². The largest absolute Gasteiger partial charge is 0.501 e. The standard InChI is InChI=1S/C12H14BrF3O2S/c1-2-3-10(13)8-9-4-6-11(7-5-9)19(17,18)12(14,15)16/h4-7,10H,2-3,8H2,1H3. The zero-order chi connectivity index (χ0) is 14.7. The molecule has 0 aliphatic rings. The lowest BCUT2D eigenvalue weighted by molar-refractivity contribution is -0.0436. The van der Waals surface area contributed by atoms with Crippen LogP contribution in [0.2, 0.25) is 0 Å². The molecule has 0 spiro atoms. The highest BCUT2D eigenvalue weighted by Gasteiger charge is 2.46. The molecule has 0 aliphatic carbocycles. The summed E-state index contributed by atoms with van der Waals surface area (Å²) in [5.41, 5.74) is -4.45. The molecule has 19 heavy (non-hydrogen) atoms. The molecule has 1 aromatic rings. The van der Waals surface area contributed by atoms with E-state index < -0.39 is 20.2 Å². The van der Waals surface area contributed by atoms with E-state index in [9.17, 15) is 21.6 Å². The molecule has 1 atom stereocenters. The summed E-state index contributed by atoms with van der Waals surface area (Å²) in [5, 5.41) is 0. The van der Waals surface area contributed by atoms with Crippen molar-refractivity contribution in [3.63, 3.8) is 0 Å². The molecule has 0 heterocycles. The molecule has 7 heteroatoms. The van der Waals surface area contributed by atoms with Gasteiger partial charge in [0.05, 0.1) is 4.90 Å². The van der Waals surface area contributed by atoms with Gasteiger partial charge in [-0.1, -0.05) is 41.4 Å². The van der Waals surface area contributed by atoms with Crippen molar-refractivity contribution in [2.75, 3.05) is 0 Å². The number of alkyl halides is 4. The lowest BCUT2D eigenvalue weighted by Crippen LogP contribution is -2.23. The molecule has 0 fully saturated rings. The van der Waals surface area contributed by atoms with Gasteiger partial charge in [0.2, 0.25) is 0 Å². The molecule has 0 aromatic heterocycles. The average molecular weight is 359 g/mol. The van der Waals surface area contributed by atoms with Crippen molar-refractivity contribution in [2.45, 2.75) is 41.4 Å². The van der Waals surface area contributed by atoms with Gasteiger partial charge in [-0.05, 0) is 30.5 Å². The first-order valence-corrected chi connectivity index (χ1v) is 8.12. The van der Waals surface area contributed by atoms with E-state index in [4.69, 9.17) is 0 Å². The molecular weight excluding hydrogens is 345 g/mol. The summed E-state index contributed by atoms with van der Waals surface area (Å²) in [7, 11) is -5.24. The normalized spacial score (nSPS) is 14.4. The Bertz CT molecular complexity index is 509. The van der Waals surface area contributed by atoms with Crippen LogP contribution in [0.5, 0.6) is 0 Å². The Labute approximate surface area is 119 Å². The van der Waals surface area contributed by atoms with Gasteiger partial charge in [0.25, 0.3) is 9.84 Å². The summed E-state index contributed by atoms with van der Waals surface area (Å²) in [6, 6.07) is 4.85. The minimum absolute atomic E-state index is 0.238. The van der Waals surface area contributed by atoms with Gasteiger partial charge in [0.1, 0.15) is 0 Å². The van der Waals surface area contributed by atoms with E-state index in [1.54, 1.807) is 0 Å². The summed E-state index contributed by atoms with van der Waals surface area (Å²) in [4.78, 5) is -0.479. The van der Waals surface area contributed by atoms with Crippen LogP contribution >= 0.6 is 15.9 Å². The van der Waals surface area contributed by atoms with E-state index in [1.807, 2.05) is 6.92 Å². The SMILES string of the molecule is CCCC(Br)Cc1ccc(S(=O)(=O)C(F)(F)F)cc1. The maximum atomic E-state index is 12.3. The molecule has 0 radical (unpaired) electrons. The van der Waals surface area contributed by atoms with Crippen LogP contribution < -0.4 is 0 Å². The van der Waals surface area contributed by atoms with Crippen molar-refractivity contribution in [2.24, 2.45) is 0 Å². The Balaban J connectivity index is 2.89. The van der Waals surface area contributed by atoms with Gasteiger partial charge >= 0.3 is 5.51 Å². The van der Waals surface area contributed by atoms with Crippen LogP contribution in [-0.4, -0.2) is 18.8 Å². The van der Waals surface area contributed by atoms with Crippen LogP contribution in [0.15, 0.2) is 29.2 Å². The number of sulfone groups is 1. The summed E-state index contributed by atoms with van der Waals surface area (Å²) < 4.78 is 59.3. The minimum atomic E-state index is -5.26. The number of hydrogen-bond acceptors (Lipinski definition) is 2. The Morgan fingerprint density at radius 1 is 1.21 bits per heavy atom. The maximum absolute atomic E-state index is 12.3. The summed E-state index contributed by atoms with van der Waals surface area (Å²) >= 11 is 3.47. The van der Waals surface area contributed by atoms with Crippen molar-refractivity contribution in [1.82, 2.24) is 0 Å². The van der Waals surface area contributed by atoms with Crippen LogP contribution in [0.4, 0.5) is 13.2 Å². The van der Waals surface area contributed by atoms with Crippen molar-refractivity contribution in [3.8, 4) is 0 Å². The van der Waals surface area contributed by atoms with E-state index in [2.05, 4.69) is 15.9 Å². The molecule has 0 N–H and O–H groups in total. The van der Waals surface area contributed by atoms with Crippen molar-refractivity contribution < 1.29 is 21.6 Å². The first-order chi connectivity index (χ1) is 8.68. The third-order valence-corrected chi connectivity index (χ3v) is 4.88. The molecule has 0 saturated carbocycles. The summed E-state index contributed by atoms with van der Waals surface area (Å²) in [6.07, 6.45) is 2.60. The van der Waals surface area contributed by atoms with Crippen molar-refractivity contribution in [3.05, 3.63) is 29.8 Å². The fourth-order valence-corrected chi connectivity index (χ4v) is 3.20. The van der Waals surface area contributed by atoms with Crippen molar-refractivity contribution >= 4 is 25.8 Å². The molecule has 108 valence electrons. The van der Waals surface area contributed by atoms with Gasteiger partial charge in [0, 0.05) is 4.83 Å². The van der Waals surface area contributed by atoms with Crippen LogP contribution in [0.1, 0.15) is 25.3 Å². The predicted molar refractivity (Wildman–Crippen MR) is 71.0 cm³/mol. The second kappa shape index (κ2) is 6.26. The Morgan fingerprint density at radius 2 is 1.74 bits per heavy atom. The minimum Gasteiger partial charge on any atom is -0.214 e. The second-order valence-electron chi connectivity index (χ2n) is 4.18. The summed E-state index contributed by atoms with van der Waals surface area (Å²) in [5.74, 6) is 0. The number of hydrogen-bond donors (Lipinski definition) is 0. The third kappa shape index (κ3) is 4.21. The smallest absolute Gasteiger partial charge is 0.214 e. The number of halogens is 4. The van der Waals surface area contributed by atoms with Gasteiger partial charge in [-0.25, -0.2) is 8.42 Å². The summed E-state index contributed by atoms with van der Waals surface area (Å²) in [6.45, 7) is 2.03. The van der Waals surface area contributed by atoms with E-state index in [-0.39, 0.29) is 4.83 Å². The molecule has 1 unspecified atom stereocenters. The van der Waals surface area contributed by atoms with Crippen LogP contribution in [0.25, 0.3) is 0 Å². The van der Waals surface area contributed by atoms with E-state index in [0.29, 0.717) is 6.42 Å². The van der Waals surface area contributed by atoms with Gasteiger partial charge < -0.3 is 0 Å². The Kier molecular flexibility index (Phi) is 5.43. The second-order valence-corrected chi connectivity index (χ2v) is 7.42. The van der Waals surface area contributed by atoms with Crippen LogP contribution in [0.3, 0.4) is 0 Å². The van der Waals surface area contributed by atoms with E-state index >= 15 is 0 Å². The quantitative estimate of drug-likeness (QED) is 0.743. The molecule has 0 amide bonds. The molecule has 0 bridgehead atoms. The number of rotatable bonds is 5. The van der Waals surface area contributed by atoms with Gasteiger partial charge in [-0.15, -0.1) is 0 Å². The highest BCUT2D eigenvalue weighted by Crippen LogP contribution is 2.30. The molecule has 0 aliphatic heterocycles. The Morgan fingerprint density at radius 3 is 2.16 bits per heavy atom. The first kappa shape index (κ1) is 16.5. The average Bonchev–Trinajstić information content (AvgIpc) is 2.28. The molecule has 1 rings (SSSR count). The zero-order valence-corrected chi connectivity index (χ0v) is 12.6. The van der Waals surface area contributed by atoms with Crippen LogP contribution in [0, 0.1) is 0 Å². The third-order valence-electron chi connectivity index (χ3n) is 2.60. The monoisotopic (exact) mass is 358 g/mol. The number of benzene rings is 1. The van der Waals surface area contributed by atoms with E-state index in [0.717, 1.165) is 30.5 Å². The zero-order valence-electron chi connectivity index (χ0n) is 10.2. The highest BCUT2D eigenvalue weighted by molar-refractivity contribution is 9.09. The van der Waals surface area contributed by atoms with Crippen molar-refractivity contribution in [1.29, 1.82) is 0 Å².